The minimum absolute atomic E-state index is 0.0923. The summed E-state index contributed by atoms with van der Waals surface area (Å²) in [6.45, 7) is 0.422. The van der Waals surface area contributed by atoms with Crippen LogP contribution in [0.15, 0.2) is 42.9 Å². The molecule has 0 saturated heterocycles. The molecule has 0 aromatic carbocycles. The highest BCUT2D eigenvalue weighted by Gasteiger charge is 2.43. The molecule has 1 amide bonds. The Morgan fingerprint density at radius 2 is 2.04 bits per heavy atom. The van der Waals surface area contributed by atoms with E-state index in [2.05, 4.69) is 15.3 Å². The van der Waals surface area contributed by atoms with Crippen molar-refractivity contribution in [3.05, 3.63) is 48.4 Å². The summed E-state index contributed by atoms with van der Waals surface area (Å²) in [5, 5.41) is 2.99. The van der Waals surface area contributed by atoms with Gasteiger partial charge in [0.05, 0.1) is 0 Å². The van der Waals surface area contributed by atoms with Crippen LogP contribution in [-0.2, 0) is 11.4 Å². The molecule has 0 spiro atoms. The molecule has 4 rings (SSSR count). The van der Waals surface area contributed by atoms with Crippen molar-refractivity contribution in [2.75, 3.05) is 5.32 Å². The smallest absolute Gasteiger partial charge is 0.229 e. The average Bonchev–Trinajstić information content (AvgIpc) is 3.25. The summed E-state index contributed by atoms with van der Waals surface area (Å²) < 4.78 is 5.84. The van der Waals surface area contributed by atoms with Gasteiger partial charge in [-0.15, -0.1) is 0 Å². The molecule has 5 heteroatoms. The van der Waals surface area contributed by atoms with Gasteiger partial charge < -0.3 is 10.1 Å². The van der Waals surface area contributed by atoms with Crippen LogP contribution < -0.4 is 10.1 Å². The van der Waals surface area contributed by atoms with Crippen molar-refractivity contribution in [2.45, 2.75) is 32.3 Å². The van der Waals surface area contributed by atoms with Crippen LogP contribution in [0.5, 0.6) is 5.75 Å². The zero-order valence-electron chi connectivity index (χ0n) is 13.5. The number of hydrogen-bond acceptors (Lipinski definition) is 4. The molecule has 2 aliphatic rings. The quantitative estimate of drug-likeness (QED) is 0.915. The molecule has 124 valence electrons. The molecule has 2 aromatic rings. The summed E-state index contributed by atoms with van der Waals surface area (Å²) in [4.78, 5) is 20.9. The molecule has 24 heavy (non-hydrogen) atoms. The van der Waals surface area contributed by atoms with Gasteiger partial charge in [-0.2, -0.15) is 0 Å². The second-order valence-corrected chi connectivity index (χ2v) is 6.76. The van der Waals surface area contributed by atoms with E-state index in [4.69, 9.17) is 4.74 Å². The van der Waals surface area contributed by atoms with Crippen LogP contribution in [0.3, 0.4) is 0 Å². The molecule has 2 aromatic heterocycles. The Labute approximate surface area is 141 Å². The third-order valence-electron chi connectivity index (χ3n) is 5.23. The third kappa shape index (κ3) is 3.11. The number of anilines is 1. The van der Waals surface area contributed by atoms with E-state index in [-0.39, 0.29) is 11.8 Å². The number of carbonyl (C=O) groups excluding carboxylic acids is 1. The standard InChI is InChI=1S/C19H21N3O2/c23-19(16-11-14-3-4-15(16)10-14)22-18-17(2-1-7-21-18)24-12-13-5-8-20-9-6-13/h1-2,5-9,14-16H,3-4,10-12H2,(H,21,22,23)/t14-,15-,16-/m0/s1. The highest BCUT2D eigenvalue weighted by atomic mass is 16.5. The summed E-state index contributed by atoms with van der Waals surface area (Å²) in [5.41, 5.74) is 1.03. The van der Waals surface area contributed by atoms with Crippen LogP contribution in [0.25, 0.3) is 0 Å². The van der Waals surface area contributed by atoms with Crippen LogP contribution >= 0.6 is 0 Å². The van der Waals surface area contributed by atoms with Crippen LogP contribution in [0.4, 0.5) is 5.82 Å². The van der Waals surface area contributed by atoms with Gasteiger partial charge in [0.25, 0.3) is 0 Å². The number of nitrogens with one attached hydrogen (secondary N) is 1. The number of fused-ring (bicyclic) bond motifs is 2. The first-order valence-corrected chi connectivity index (χ1v) is 8.57. The van der Waals surface area contributed by atoms with Gasteiger partial charge in [-0.1, -0.05) is 6.42 Å². The number of nitrogens with zero attached hydrogens (tertiary/aromatic N) is 2. The van der Waals surface area contributed by atoms with Crippen LogP contribution in [-0.4, -0.2) is 15.9 Å². The monoisotopic (exact) mass is 323 g/mol. The second-order valence-electron chi connectivity index (χ2n) is 6.76. The first-order valence-electron chi connectivity index (χ1n) is 8.57. The minimum Gasteiger partial charge on any atom is -0.485 e. The number of pyridine rings is 2. The molecular weight excluding hydrogens is 302 g/mol. The van der Waals surface area contributed by atoms with Crippen LogP contribution in [0.2, 0.25) is 0 Å². The Morgan fingerprint density at radius 1 is 1.17 bits per heavy atom. The molecule has 1 N–H and O–H groups in total. The molecule has 0 aliphatic heterocycles. The third-order valence-corrected chi connectivity index (χ3v) is 5.23. The van der Waals surface area contributed by atoms with E-state index < -0.39 is 0 Å². The summed E-state index contributed by atoms with van der Waals surface area (Å²) in [6.07, 6.45) is 9.87. The molecule has 0 radical (unpaired) electrons. The molecule has 5 nitrogen and oxygen atoms in total. The number of amides is 1. The van der Waals surface area contributed by atoms with Crippen molar-refractivity contribution in [2.24, 2.45) is 17.8 Å². The lowest BCUT2D eigenvalue weighted by atomic mass is 9.88. The van der Waals surface area contributed by atoms with E-state index in [9.17, 15) is 4.79 Å². The molecule has 2 saturated carbocycles. The summed E-state index contributed by atoms with van der Waals surface area (Å²) >= 11 is 0. The first-order chi connectivity index (χ1) is 11.8. The molecule has 2 fully saturated rings. The first kappa shape index (κ1) is 15.1. The van der Waals surface area contributed by atoms with Gasteiger partial charge in [0.15, 0.2) is 11.6 Å². The predicted molar refractivity (Wildman–Crippen MR) is 90.4 cm³/mol. The number of ether oxygens (including phenoxy) is 1. The molecule has 2 bridgehead atoms. The Bertz CT molecular complexity index is 720. The zero-order chi connectivity index (χ0) is 16.4. The summed E-state index contributed by atoms with van der Waals surface area (Å²) in [5.74, 6) is 2.65. The molecular formula is C19H21N3O2. The van der Waals surface area contributed by atoms with E-state index in [1.54, 1.807) is 18.6 Å². The lowest BCUT2D eigenvalue weighted by Crippen LogP contribution is -2.27. The van der Waals surface area contributed by atoms with E-state index in [1.165, 1.54) is 19.3 Å². The number of aromatic nitrogens is 2. The predicted octanol–water partition coefficient (Wildman–Crippen LogP) is 3.43. The maximum Gasteiger partial charge on any atom is 0.229 e. The highest BCUT2D eigenvalue weighted by molar-refractivity contribution is 5.93. The van der Waals surface area contributed by atoms with Crippen molar-refractivity contribution >= 4 is 11.7 Å². The van der Waals surface area contributed by atoms with E-state index >= 15 is 0 Å². The molecule has 2 aliphatic carbocycles. The normalized spacial score (nSPS) is 24.8. The number of hydrogen-bond donors (Lipinski definition) is 1. The van der Waals surface area contributed by atoms with E-state index in [0.29, 0.717) is 24.1 Å². The van der Waals surface area contributed by atoms with Crippen molar-refractivity contribution in [1.29, 1.82) is 0 Å². The lowest BCUT2D eigenvalue weighted by molar-refractivity contribution is -0.121. The van der Waals surface area contributed by atoms with Gasteiger partial charge >= 0.3 is 0 Å². The fraction of sp³-hybridized carbons (Fsp3) is 0.421. The van der Waals surface area contributed by atoms with Crippen LogP contribution in [0, 0.1) is 17.8 Å². The summed E-state index contributed by atoms with van der Waals surface area (Å²) in [6, 6.07) is 7.47. The van der Waals surface area contributed by atoms with Crippen LogP contribution in [0.1, 0.15) is 31.2 Å². The SMILES string of the molecule is O=C(Nc1ncccc1OCc1ccncc1)[C@H]1C[C@H]2CC[C@H]1C2. The van der Waals surface area contributed by atoms with Crippen molar-refractivity contribution in [3.63, 3.8) is 0 Å². The summed E-state index contributed by atoms with van der Waals surface area (Å²) in [7, 11) is 0. The van der Waals surface area contributed by atoms with Crippen molar-refractivity contribution in [1.82, 2.24) is 9.97 Å². The average molecular weight is 323 g/mol. The Balaban J connectivity index is 1.42. The fourth-order valence-electron chi connectivity index (χ4n) is 4.02. The Hall–Kier alpha value is -2.43. The zero-order valence-corrected chi connectivity index (χ0v) is 13.5. The number of rotatable bonds is 5. The van der Waals surface area contributed by atoms with Gasteiger partial charge in [0.2, 0.25) is 5.91 Å². The maximum absolute atomic E-state index is 12.6. The van der Waals surface area contributed by atoms with Crippen molar-refractivity contribution < 1.29 is 9.53 Å². The molecule has 3 atom stereocenters. The molecule has 0 unspecified atom stereocenters. The maximum atomic E-state index is 12.6. The molecule has 2 heterocycles. The highest BCUT2D eigenvalue weighted by Crippen LogP contribution is 2.48. The Kier molecular flexibility index (Phi) is 4.15. The fourth-order valence-corrected chi connectivity index (χ4v) is 4.02. The van der Waals surface area contributed by atoms with Crippen molar-refractivity contribution in [3.8, 4) is 5.75 Å². The van der Waals surface area contributed by atoms with Gasteiger partial charge in [-0.05, 0) is 60.9 Å². The van der Waals surface area contributed by atoms with Gasteiger partial charge in [-0.3, -0.25) is 9.78 Å². The van der Waals surface area contributed by atoms with Gasteiger partial charge in [0.1, 0.15) is 6.61 Å². The van der Waals surface area contributed by atoms with E-state index in [1.807, 2.05) is 24.3 Å². The topological polar surface area (TPSA) is 64.1 Å². The minimum atomic E-state index is 0.0923. The second kappa shape index (κ2) is 6.59. The van der Waals surface area contributed by atoms with E-state index in [0.717, 1.165) is 17.9 Å². The van der Waals surface area contributed by atoms with Gasteiger partial charge in [0, 0.05) is 24.5 Å². The largest absolute Gasteiger partial charge is 0.485 e. The number of carbonyl (C=O) groups is 1. The lowest BCUT2D eigenvalue weighted by Gasteiger charge is -2.21. The Morgan fingerprint density at radius 3 is 2.79 bits per heavy atom. The van der Waals surface area contributed by atoms with Gasteiger partial charge in [-0.25, -0.2) is 4.98 Å².